The fourth-order valence-electron chi connectivity index (χ4n) is 3.36. The van der Waals surface area contributed by atoms with Crippen LogP contribution in [0.15, 0.2) is 58.1 Å². The molecule has 2 heterocycles. The summed E-state index contributed by atoms with van der Waals surface area (Å²) < 4.78 is 4.04. The molecule has 0 saturated carbocycles. The predicted octanol–water partition coefficient (Wildman–Crippen LogP) is 2.41. The van der Waals surface area contributed by atoms with E-state index in [9.17, 15) is 14.4 Å². The highest BCUT2D eigenvalue weighted by Gasteiger charge is 2.18. The van der Waals surface area contributed by atoms with Gasteiger partial charge in [0.2, 0.25) is 5.78 Å². The summed E-state index contributed by atoms with van der Waals surface area (Å²) >= 11 is 0. The van der Waals surface area contributed by atoms with Crippen molar-refractivity contribution in [2.75, 3.05) is 0 Å². The Hall–Kier alpha value is -3.48. The molecule has 7 nitrogen and oxygen atoms in total. The van der Waals surface area contributed by atoms with Crippen molar-refractivity contribution < 1.29 is 4.79 Å². The number of carbonyl (C=O) groups is 1. The molecule has 0 spiro atoms. The fourth-order valence-corrected chi connectivity index (χ4v) is 3.36. The van der Waals surface area contributed by atoms with Gasteiger partial charge in [-0.2, -0.15) is 0 Å². The van der Waals surface area contributed by atoms with Crippen LogP contribution in [0.4, 0.5) is 0 Å². The maximum atomic E-state index is 13.0. The summed E-state index contributed by atoms with van der Waals surface area (Å²) in [6.45, 7) is 4.15. The molecule has 4 rings (SSSR count). The standard InChI is InChI=1S/C21H20N4O3/c1-3-12-23-19(27)16-6-4-5-7-17(16)25-20(23)22-24(21(25)28)13-18(26)15-10-8-14(2)9-11-15/h4-11H,3,12-13H2,1-2H3. The van der Waals surface area contributed by atoms with Gasteiger partial charge in [-0.05, 0) is 25.5 Å². The Kier molecular flexibility index (Phi) is 4.43. The summed E-state index contributed by atoms with van der Waals surface area (Å²) in [6, 6.07) is 14.1. The molecule has 0 aliphatic heterocycles. The number of para-hydroxylation sites is 1. The molecule has 0 unspecified atom stereocenters. The minimum atomic E-state index is -0.434. The van der Waals surface area contributed by atoms with Crippen LogP contribution in [-0.4, -0.2) is 24.5 Å². The molecular weight excluding hydrogens is 356 g/mol. The van der Waals surface area contributed by atoms with Gasteiger partial charge in [-0.3, -0.25) is 14.2 Å². The van der Waals surface area contributed by atoms with E-state index in [1.165, 1.54) is 8.97 Å². The van der Waals surface area contributed by atoms with Crippen LogP contribution in [0.3, 0.4) is 0 Å². The van der Waals surface area contributed by atoms with Gasteiger partial charge < -0.3 is 0 Å². The molecular formula is C21H20N4O3. The lowest BCUT2D eigenvalue weighted by Crippen LogP contribution is -2.27. The van der Waals surface area contributed by atoms with Gasteiger partial charge in [0.15, 0.2) is 5.78 Å². The second kappa shape index (κ2) is 6.92. The molecule has 7 heteroatoms. The van der Waals surface area contributed by atoms with Gasteiger partial charge in [-0.25, -0.2) is 13.9 Å². The molecule has 2 aromatic carbocycles. The summed E-state index contributed by atoms with van der Waals surface area (Å²) in [5.74, 6) is 0.0476. The first-order chi connectivity index (χ1) is 13.5. The molecule has 0 radical (unpaired) electrons. The van der Waals surface area contributed by atoms with E-state index in [1.54, 1.807) is 36.4 Å². The number of fused-ring (bicyclic) bond motifs is 3. The molecule has 0 N–H and O–H groups in total. The number of aromatic nitrogens is 4. The Morgan fingerprint density at radius 2 is 1.75 bits per heavy atom. The zero-order chi connectivity index (χ0) is 19.8. The molecule has 0 saturated heterocycles. The SMILES string of the molecule is CCCn1c(=O)c2ccccc2n2c(=O)n(CC(=O)c3ccc(C)cc3)nc12. The molecule has 0 bridgehead atoms. The number of nitrogens with zero attached hydrogens (tertiary/aromatic N) is 4. The number of Topliss-reactive ketones (excluding diaryl/α,β-unsaturated/α-hetero) is 1. The van der Waals surface area contributed by atoms with Crippen LogP contribution in [0.5, 0.6) is 0 Å². The van der Waals surface area contributed by atoms with Gasteiger partial charge in [-0.15, -0.1) is 5.10 Å². The smallest absolute Gasteiger partial charge is 0.292 e. The first-order valence-corrected chi connectivity index (χ1v) is 9.22. The van der Waals surface area contributed by atoms with Gasteiger partial charge in [0.25, 0.3) is 5.56 Å². The zero-order valence-corrected chi connectivity index (χ0v) is 15.8. The maximum absolute atomic E-state index is 13.0. The van der Waals surface area contributed by atoms with E-state index in [1.807, 2.05) is 26.0 Å². The van der Waals surface area contributed by atoms with E-state index in [0.29, 0.717) is 23.0 Å². The van der Waals surface area contributed by atoms with Crippen LogP contribution in [-0.2, 0) is 13.1 Å². The van der Waals surface area contributed by atoms with Crippen molar-refractivity contribution >= 4 is 22.5 Å². The van der Waals surface area contributed by atoms with Crippen molar-refractivity contribution in [3.8, 4) is 0 Å². The third kappa shape index (κ3) is 2.85. The topological polar surface area (TPSA) is 78.4 Å². The maximum Gasteiger partial charge on any atom is 0.352 e. The number of carbonyl (C=O) groups excluding carboxylic acids is 1. The van der Waals surface area contributed by atoms with E-state index in [4.69, 9.17) is 0 Å². The minimum absolute atomic E-state index is 0.182. The molecule has 4 aromatic rings. The first kappa shape index (κ1) is 17.9. The number of aryl methyl sites for hydroxylation is 2. The zero-order valence-electron chi connectivity index (χ0n) is 15.8. The Morgan fingerprint density at radius 3 is 2.46 bits per heavy atom. The lowest BCUT2D eigenvalue weighted by atomic mass is 10.1. The van der Waals surface area contributed by atoms with Crippen molar-refractivity contribution in [3.05, 3.63) is 80.5 Å². The molecule has 2 aromatic heterocycles. The minimum Gasteiger partial charge on any atom is -0.292 e. The number of rotatable bonds is 5. The van der Waals surface area contributed by atoms with Crippen molar-refractivity contribution in [2.45, 2.75) is 33.4 Å². The van der Waals surface area contributed by atoms with Gasteiger partial charge in [-0.1, -0.05) is 48.9 Å². The van der Waals surface area contributed by atoms with Gasteiger partial charge >= 0.3 is 5.69 Å². The summed E-state index contributed by atoms with van der Waals surface area (Å²) in [5, 5.41) is 4.79. The van der Waals surface area contributed by atoms with E-state index in [0.717, 1.165) is 16.7 Å². The molecule has 0 aliphatic carbocycles. The van der Waals surface area contributed by atoms with E-state index in [2.05, 4.69) is 5.10 Å². The summed E-state index contributed by atoms with van der Waals surface area (Å²) in [7, 11) is 0. The van der Waals surface area contributed by atoms with Crippen LogP contribution < -0.4 is 11.2 Å². The van der Waals surface area contributed by atoms with E-state index >= 15 is 0 Å². The van der Waals surface area contributed by atoms with Gasteiger partial charge in [0, 0.05) is 12.1 Å². The van der Waals surface area contributed by atoms with Crippen molar-refractivity contribution in [3.63, 3.8) is 0 Å². The van der Waals surface area contributed by atoms with Crippen LogP contribution >= 0.6 is 0 Å². The van der Waals surface area contributed by atoms with Crippen molar-refractivity contribution in [1.29, 1.82) is 0 Å². The number of benzene rings is 2. The Bertz CT molecular complexity index is 1310. The molecule has 0 fully saturated rings. The Labute approximate surface area is 160 Å². The Balaban J connectivity index is 1.90. The molecule has 28 heavy (non-hydrogen) atoms. The van der Waals surface area contributed by atoms with E-state index < -0.39 is 5.69 Å². The second-order valence-electron chi connectivity index (χ2n) is 6.84. The molecule has 0 amide bonds. The summed E-state index contributed by atoms with van der Waals surface area (Å²) in [4.78, 5) is 38.5. The summed E-state index contributed by atoms with van der Waals surface area (Å²) in [5.41, 5.74) is 1.44. The monoisotopic (exact) mass is 376 g/mol. The Morgan fingerprint density at radius 1 is 1.04 bits per heavy atom. The summed E-state index contributed by atoms with van der Waals surface area (Å²) in [6.07, 6.45) is 0.719. The lowest BCUT2D eigenvalue weighted by Gasteiger charge is -2.07. The number of hydrogen-bond donors (Lipinski definition) is 0. The molecule has 142 valence electrons. The lowest BCUT2D eigenvalue weighted by molar-refractivity contribution is 0.0966. The first-order valence-electron chi connectivity index (χ1n) is 9.22. The van der Waals surface area contributed by atoms with Crippen LogP contribution in [0.1, 0.15) is 29.3 Å². The third-order valence-electron chi connectivity index (χ3n) is 4.80. The van der Waals surface area contributed by atoms with Gasteiger partial charge in [0.1, 0.15) is 6.54 Å². The number of ketones is 1. The largest absolute Gasteiger partial charge is 0.352 e. The predicted molar refractivity (Wildman–Crippen MR) is 107 cm³/mol. The van der Waals surface area contributed by atoms with Crippen LogP contribution in [0.2, 0.25) is 0 Å². The van der Waals surface area contributed by atoms with Gasteiger partial charge in [0.05, 0.1) is 10.9 Å². The average molecular weight is 376 g/mol. The quantitative estimate of drug-likeness (QED) is 0.501. The highest BCUT2D eigenvalue weighted by molar-refractivity contribution is 5.95. The normalized spacial score (nSPS) is 11.4. The number of hydrogen-bond acceptors (Lipinski definition) is 4. The third-order valence-corrected chi connectivity index (χ3v) is 4.80. The van der Waals surface area contributed by atoms with E-state index in [-0.39, 0.29) is 23.7 Å². The molecule has 0 atom stereocenters. The highest BCUT2D eigenvalue weighted by Crippen LogP contribution is 2.11. The molecule has 0 aliphatic rings. The second-order valence-corrected chi connectivity index (χ2v) is 6.84. The van der Waals surface area contributed by atoms with Crippen LogP contribution in [0.25, 0.3) is 16.7 Å². The van der Waals surface area contributed by atoms with Crippen molar-refractivity contribution in [1.82, 2.24) is 18.7 Å². The fraction of sp³-hybridized carbons (Fsp3) is 0.238. The average Bonchev–Trinajstić information content (AvgIpc) is 3.02. The van der Waals surface area contributed by atoms with Crippen molar-refractivity contribution in [2.24, 2.45) is 0 Å². The highest BCUT2D eigenvalue weighted by atomic mass is 16.2. The van der Waals surface area contributed by atoms with Crippen LogP contribution in [0, 0.1) is 6.92 Å².